The van der Waals surface area contributed by atoms with Crippen LogP contribution in [0.5, 0.6) is 5.88 Å². The summed E-state index contributed by atoms with van der Waals surface area (Å²) in [5.41, 5.74) is 4.54. The van der Waals surface area contributed by atoms with E-state index in [0.29, 0.717) is 32.3 Å². The molecule has 2 aromatic rings. The lowest BCUT2D eigenvalue weighted by molar-refractivity contribution is -0.137. The van der Waals surface area contributed by atoms with E-state index in [9.17, 15) is 13.2 Å². The number of ether oxygens (including phenoxy) is 2. The van der Waals surface area contributed by atoms with Crippen LogP contribution in [0.25, 0.3) is 11.3 Å². The number of aromatic nitrogens is 3. The Bertz CT molecular complexity index is 883. The number of rotatable bonds is 4. The zero-order chi connectivity index (χ0) is 21.1. The van der Waals surface area contributed by atoms with Crippen LogP contribution in [0.1, 0.15) is 18.4 Å². The quantitative estimate of drug-likeness (QED) is 0.770. The molecule has 162 valence electrons. The summed E-state index contributed by atoms with van der Waals surface area (Å²) in [6, 6.07) is 2.26. The molecule has 4 heterocycles. The topological polar surface area (TPSA) is 98.4 Å². The van der Waals surface area contributed by atoms with Crippen molar-refractivity contribution >= 4 is 11.8 Å². The highest BCUT2D eigenvalue weighted by atomic mass is 19.4. The molecule has 2 saturated heterocycles. The van der Waals surface area contributed by atoms with E-state index >= 15 is 0 Å². The number of alkyl halides is 3. The Balaban J connectivity index is 1.75. The number of hydrogen-bond acceptors (Lipinski definition) is 8. The van der Waals surface area contributed by atoms with Crippen LogP contribution in [0.15, 0.2) is 18.3 Å². The predicted molar refractivity (Wildman–Crippen MR) is 104 cm³/mol. The van der Waals surface area contributed by atoms with Crippen molar-refractivity contribution in [1.82, 2.24) is 20.3 Å². The Kier molecular flexibility index (Phi) is 5.91. The van der Waals surface area contributed by atoms with Gasteiger partial charge < -0.3 is 25.4 Å². The SMILES string of the molecule is Nc1cc(C(F)(F)F)c(-c2cc(OC3CCNCC3)nc(N3CCOCC3)n2)cn1. The van der Waals surface area contributed by atoms with Crippen LogP contribution in [-0.2, 0) is 10.9 Å². The molecule has 30 heavy (non-hydrogen) atoms. The molecule has 3 N–H and O–H groups in total. The van der Waals surface area contributed by atoms with Crippen molar-refractivity contribution < 1.29 is 22.6 Å². The molecule has 0 aromatic carbocycles. The smallest absolute Gasteiger partial charge is 0.417 e. The van der Waals surface area contributed by atoms with Crippen LogP contribution in [-0.4, -0.2) is 60.4 Å². The fraction of sp³-hybridized carbons (Fsp3) is 0.526. The lowest BCUT2D eigenvalue weighted by Gasteiger charge is -2.28. The Labute approximate surface area is 171 Å². The summed E-state index contributed by atoms with van der Waals surface area (Å²) >= 11 is 0. The van der Waals surface area contributed by atoms with Gasteiger partial charge in [0.05, 0.1) is 24.5 Å². The van der Waals surface area contributed by atoms with Gasteiger partial charge in [-0.3, -0.25) is 0 Å². The third-order valence-electron chi connectivity index (χ3n) is 5.06. The first kappa shape index (κ1) is 20.6. The molecule has 0 amide bonds. The zero-order valence-electron chi connectivity index (χ0n) is 16.3. The van der Waals surface area contributed by atoms with Crippen molar-refractivity contribution in [3.63, 3.8) is 0 Å². The largest absolute Gasteiger partial charge is 0.474 e. The number of halogens is 3. The van der Waals surface area contributed by atoms with Gasteiger partial charge in [0.2, 0.25) is 11.8 Å². The molecule has 0 bridgehead atoms. The summed E-state index contributed by atoms with van der Waals surface area (Å²) in [6.07, 6.45) is -1.98. The maximum atomic E-state index is 13.7. The molecule has 11 heteroatoms. The highest BCUT2D eigenvalue weighted by Crippen LogP contribution is 2.38. The van der Waals surface area contributed by atoms with Gasteiger partial charge in [-0.05, 0) is 32.0 Å². The number of pyridine rings is 1. The van der Waals surface area contributed by atoms with E-state index in [1.807, 2.05) is 4.90 Å². The Morgan fingerprint density at radius 3 is 2.57 bits per heavy atom. The summed E-state index contributed by atoms with van der Waals surface area (Å²) in [4.78, 5) is 14.6. The summed E-state index contributed by atoms with van der Waals surface area (Å²) in [7, 11) is 0. The number of piperidine rings is 1. The van der Waals surface area contributed by atoms with Gasteiger partial charge in [-0.25, -0.2) is 9.97 Å². The van der Waals surface area contributed by atoms with Gasteiger partial charge in [-0.1, -0.05) is 0 Å². The van der Waals surface area contributed by atoms with Gasteiger partial charge in [0.15, 0.2) is 0 Å². The molecule has 0 unspecified atom stereocenters. The van der Waals surface area contributed by atoms with E-state index in [-0.39, 0.29) is 29.1 Å². The molecule has 0 spiro atoms. The molecule has 2 aromatic heterocycles. The maximum Gasteiger partial charge on any atom is 0.417 e. The fourth-order valence-corrected chi connectivity index (χ4v) is 3.51. The Morgan fingerprint density at radius 2 is 1.87 bits per heavy atom. The highest BCUT2D eigenvalue weighted by Gasteiger charge is 2.35. The van der Waals surface area contributed by atoms with Crippen molar-refractivity contribution in [2.45, 2.75) is 25.1 Å². The molecule has 0 radical (unpaired) electrons. The van der Waals surface area contributed by atoms with Crippen LogP contribution in [0, 0.1) is 0 Å². The number of nitrogens with one attached hydrogen (secondary N) is 1. The average Bonchev–Trinajstić information content (AvgIpc) is 2.74. The molecule has 2 aliphatic heterocycles. The first-order valence-electron chi connectivity index (χ1n) is 9.82. The summed E-state index contributed by atoms with van der Waals surface area (Å²) < 4.78 is 52.3. The first-order valence-corrected chi connectivity index (χ1v) is 9.82. The predicted octanol–water partition coefficient (Wildman–Crippen LogP) is 2.11. The van der Waals surface area contributed by atoms with Crippen LogP contribution >= 0.6 is 0 Å². The molecular formula is C19H23F3N6O2. The Morgan fingerprint density at radius 1 is 1.13 bits per heavy atom. The second-order valence-corrected chi connectivity index (χ2v) is 7.21. The number of hydrogen-bond donors (Lipinski definition) is 2. The van der Waals surface area contributed by atoms with Crippen LogP contribution in [0.4, 0.5) is 24.9 Å². The summed E-state index contributed by atoms with van der Waals surface area (Å²) in [5.74, 6) is 0.350. The number of anilines is 2. The van der Waals surface area contributed by atoms with Crippen LogP contribution in [0.3, 0.4) is 0 Å². The van der Waals surface area contributed by atoms with Crippen LogP contribution < -0.4 is 20.7 Å². The van der Waals surface area contributed by atoms with E-state index in [4.69, 9.17) is 15.2 Å². The molecule has 2 fully saturated rings. The molecule has 0 atom stereocenters. The minimum absolute atomic E-state index is 0.0573. The maximum absolute atomic E-state index is 13.7. The van der Waals surface area contributed by atoms with Gasteiger partial charge in [0.25, 0.3) is 0 Å². The number of morpholine rings is 1. The molecule has 2 aliphatic rings. The normalized spacial score (nSPS) is 18.4. The number of nitrogen functional groups attached to an aromatic ring is 1. The second-order valence-electron chi connectivity index (χ2n) is 7.21. The summed E-state index contributed by atoms with van der Waals surface area (Å²) in [6.45, 7) is 3.72. The van der Waals surface area contributed by atoms with Gasteiger partial charge in [0, 0.05) is 30.9 Å². The third-order valence-corrected chi connectivity index (χ3v) is 5.06. The van der Waals surface area contributed by atoms with Gasteiger partial charge in [-0.15, -0.1) is 0 Å². The lowest BCUT2D eigenvalue weighted by atomic mass is 10.1. The Hall–Kier alpha value is -2.66. The average molecular weight is 424 g/mol. The number of nitrogens with two attached hydrogens (primary N) is 1. The fourth-order valence-electron chi connectivity index (χ4n) is 3.51. The van der Waals surface area contributed by atoms with E-state index in [1.165, 1.54) is 6.07 Å². The van der Waals surface area contributed by atoms with Crippen molar-refractivity contribution in [2.24, 2.45) is 0 Å². The van der Waals surface area contributed by atoms with Gasteiger partial charge in [0.1, 0.15) is 11.9 Å². The second kappa shape index (κ2) is 8.60. The standard InChI is InChI=1S/C19H23F3N6O2/c20-19(21,22)14-9-16(23)25-11-13(14)15-10-17(30-12-1-3-24-4-2-12)27-18(26-15)28-5-7-29-8-6-28/h9-12,24H,1-8H2,(H2,23,25). The zero-order valence-corrected chi connectivity index (χ0v) is 16.3. The van der Waals surface area contributed by atoms with Gasteiger partial charge >= 0.3 is 6.18 Å². The summed E-state index contributed by atoms with van der Waals surface area (Å²) in [5, 5.41) is 3.25. The minimum atomic E-state index is -4.60. The van der Waals surface area contributed by atoms with E-state index in [0.717, 1.165) is 38.2 Å². The monoisotopic (exact) mass is 424 g/mol. The minimum Gasteiger partial charge on any atom is -0.474 e. The van der Waals surface area contributed by atoms with Crippen molar-refractivity contribution in [1.29, 1.82) is 0 Å². The lowest BCUT2D eigenvalue weighted by Crippen LogP contribution is -2.37. The van der Waals surface area contributed by atoms with Crippen molar-refractivity contribution in [2.75, 3.05) is 50.0 Å². The van der Waals surface area contributed by atoms with E-state index in [1.54, 1.807) is 0 Å². The molecular weight excluding hydrogens is 401 g/mol. The van der Waals surface area contributed by atoms with Crippen LogP contribution in [0.2, 0.25) is 0 Å². The molecule has 8 nitrogen and oxygen atoms in total. The highest BCUT2D eigenvalue weighted by molar-refractivity contribution is 5.67. The van der Waals surface area contributed by atoms with Gasteiger partial charge in [-0.2, -0.15) is 18.2 Å². The molecule has 0 aliphatic carbocycles. The molecule has 4 rings (SSSR count). The third kappa shape index (κ3) is 4.73. The molecule has 0 saturated carbocycles. The van der Waals surface area contributed by atoms with Crippen molar-refractivity contribution in [3.8, 4) is 17.1 Å². The van der Waals surface area contributed by atoms with Crippen molar-refractivity contribution in [3.05, 3.63) is 23.9 Å². The first-order chi connectivity index (χ1) is 14.4. The van der Waals surface area contributed by atoms with E-state index in [2.05, 4.69) is 20.3 Å². The number of nitrogens with zero attached hydrogens (tertiary/aromatic N) is 4. The van der Waals surface area contributed by atoms with E-state index < -0.39 is 11.7 Å².